The van der Waals surface area contributed by atoms with Crippen LogP contribution in [-0.4, -0.2) is 232 Å². The number of carbonyl (C=O) groups is 1. The number of azide groups is 1. The number of hydrogen-bond acceptors (Lipinski definition) is 20. The first-order chi connectivity index (χ1) is 30.0. The Morgan fingerprint density at radius 2 is 1.19 bits per heavy atom. The molecular weight excluding hydrogens is 826 g/mol. The third-order valence-electron chi connectivity index (χ3n) is 11.9. The van der Waals surface area contributed by atoms with Crippen molar-refractivity contribution in [2.24, 2.45) is 11.0 Å². The number of rotatable bonds is 24. The van der Waals surface area contributed by atoms with Crippen molar-refractivity contribution in [1.82, 2.24) is 10.6 Å². The minimum absolute atomic E-state index is 0.0226. The van der Waals surface area contributed by atoms with Crippen LogP contribution < -0.4 is 10.6 Å². The molecule has 0 aromatic carbocycles. The highest BCUT2D eigenvalue weighted by Gasteiger charge is 2.56. The van der Waals surface area contributed by atoms with Gasteiger partial charge in [-0.2, -0.15) is 0 Å². The number of amides is 1. The monoisotopic (exact) mass is 895 g/mol. The Bertz CT molecular complexity index is 1420. The summed E-state index contributed by atoms with van der Waals surface area (Å²) >= 11 is 0. The Morgan fingerprint density at radius 3 is 1.69 bits per heavy atom. The predicted octanol–water partition coefficient (Wildman–Crippen LogP) is -0.688. The highest BCUT2D eigenvalue weighted by molar-refractivity contribution is 5.78. The second kappa shape index (κ2) is 26.1. The maximum absolute atomic E-state index is 12.6. The fourth-order valence-electron chi connectivity index (χ4n) is 9.04. The molecule has 1 aliphatic carbocycles. The largest absolute Gasteiger partial charge is 0.396 e. The summed E-state index contributed by atoms with van der Waals surface area (Å²) in [6.07, 6.45) is -10.8. The molecule has 62 heavy (non-hydrogen) atoms. The van der Waals surface area contributed by atoms with Crippen LogP contribution in [0.2, 0.25) is 0 Å². The Kier molecular flexibility index (Phi) is 22.0. The number of methoxy groups -OCH3 is 11. The Balaban J connectivity index is 1.60. The van der Waals surface area contributed by atoms with Crippen LogP contribution in [0.1, 0.15) is 6.92 Å². The molecule has 4 aliphatic rings. The molecule has 0 saturated carbocycles. The average molecular weight is 896 g/mol. The van der Waals surface area contributed by atoms with Gasteiger partial charge in [-0.15, -0.1) is 0 Å². The molecule has 3 heterocycles. The van der Waals surface area contributed by atoms with E-state index in [0.717, 1.165) is 5.57 Å². The van der Waals surface area contributed by atoms with Crippen LogP contribution in [-0.2, 0) is 80.6 Å². The highest BCUT2D eigenvalue weighted by atomic mass is 16.8. The Morgan fingerprint density at radius 1 is 0.677 bits per heavy atom. The number of nitrogens with one attached hydrogen (secondary N) is 2. The molecule has 3 fully saturated rings. The van der Waals surface area contributed by atoms with Gasteiger partial charge in [0.25, 0.3) is 0 Å². The summed E-state index contributed by atoms with van der Waals surface area (Å²) in [4.78, 5) is 15.2. The summed E-state index contributed by atoms with van der Waals surface area (Å²) in [5.74, 6) is -0.911. The van der Waals surface area contributed by atoms with Gasteiger partial charge in [0.05, 0.1) is 50.7 Å². The van der Waals surface area contributed by atoms with E-state index >= 15 is 0 Å². The summed E-state index contributed by atoms with van der Waals surface area (Å²) in [6.45, 7) is 1.68. The summed E-state index contributed by atoms with van der Waals surface area (Å²) in [5.41, 5.74) is 9.56. The minimum Gasteiger partial charge on any atom is -0.396 e. The summed E-state index contributed by atoms with van der Waals surface area (Å²) in [7, 11) is 16.9. The fraction of sp³-hybridized carbons (Fsp3) is 0.923. The first-order valence-electron chi connectivity index (χ1n) is 20.4. The zero-order valence-electron chi connectivity index (χ0n) is 37.8. The minimum atomic E-state index is -1.12. The molecule has 23 nitrogen and oxygen atoms in total. The standard InChI is InChI=1S/C39H69N5O18/c1-19-26(42-22-13-20(16-47-2)21(15-45)27(50-5)28(22)51-6)31(52-7)35(56-11)38(58-19)61-30-24(18-49-4)60-39(36(57-12)33(30)54-9)62-29-23(17-48-3)59-37(34(55-10)32(29)53-8)43-25(46)14-41-44-40/h13,19,21-24,26-39,42,45H,14-18H2,1-12H3,(H,43,46)/t19?,21-,22+,23?,24?,26-,27-,28?,29-,30-,31-,32-,33-,34?,35?,36?,37?,38-,39-/m0/s1. The normalized spacial score (nSPS) is 40.1. The molecule has 4 rings (SSSR count). The van der Waals surface area contributed by atoms with Crippen LogP contribution in [0.3, 0.4) is 0 Å². The first-order valence-corrected chi connectivity index (χ1v) is 20.4. The number of carbonyl (C=O) groups excluding carboxylic acids is 1. The van der Waals surface area contributed by atoms with Crippen LogP contribution in [0.4, 0.5) is 0 Å². The first kappa shape index (κ1) is 52.4. The zero-order valence-corrected chi connectivity index (χ0v) is 37.8. The summed E-state index contributed by atoms with van der Waals surface area (Å²) in [6, 6.07) is -0.836. The van der Waals surface area contributed by atoms with Crippen molar-refractivity contribution in [2.75, 3.05) is 111 Å². The van der Waals surface area contributed by atoms with Gasteiger partial charge in [-0.25, -0.2) is 0 Å². The lowest BCUT2D eigenvalue weighted by Gasteiger charge is -2.51. The quantitative estimate of drug-likeness (QED) is 0.0469. The van der Waals surface area contributed by atoms with Crippen LogP contribution in [0.5, 0.6) is 0 Å². The van der Waals surface area contributed by atoms with E-state index in [1.807, 2.05) is 13.0 Å². The lowest BCUT2D eigenvalue weighted by Crippen LogP contribution is -2.69. The van der Waals surface area contributed by atoms with Crippen molar-refractivity contribution in [3.63, 3.8) is 0 Å². The Labute approximate surface area is 363 Å². The van der Waals surface area contributed by atoms with E-state index in [1.165, 1.54) is 42.7 Å². The van der Waals surface area contributed by atoms with E-state index in [9.17, 15) is 9.90 Å². The SMILES string of the molecule is COCC1=C[C@@H](N[C@H]2C(C)O[C@@H](O[C@H]3C(COC)O[C@@H](O[C@H]4C(COC)OC(NC(=O)CN=[N+]=[N-])C(OC)[C@H]4OC)C(OC)[C@H]3OC)C(OC)[C@H]2OC)C(OC)[C@@H](OC)[C@H]1CO. The number of aliphatic hydroxyl groups excluding tert-OH is 1. The van der Waals surface area contributed by atoms with Crippen molar-refractivity contribution in [3.8, 4) is 0 Å². The Hall–Kier alpha value is -2.20. The van der Waals surface area contributed by atoms with Crippen molar-refractivity contribution in [2.45, 2.75) is 117 Å². The number of aliphatic hydroxyl groups is 1. The van der Waals surface area contributed by atoms with E-state index < -0.39 is 117 Å². The summed E-state index contributed by atoms with van der Waals surface area (Å²) < 4.78 is 97.5. The van der Waals surface area contributed by atoms with Gasteiger partial charge < -0.3 is 91.5 Å². The maximum atomic E-state index is 12.6. The molecule has 23 heteroatoms. The van der Waals surface area contributed by atoms with Gasteiger partial charge in [0.1, 0.15) is 73.7 Å². The van der Waals surface area contributed by atoms with Gasteiger partial charge in [-0.05, 0) is 18.0 Å². The second-order valence-electron chi connectivity index (χ2n) is 15.2. The third kappa shape index (κ3) is 12.0. The van der Waals surface area contributed by atoms with E-state index in [4.69, 9.17) is 81.3 Å². The highest BCUT2D eigenvalue weighted by Crippen LogP contribution is 2.37. The molecule has 19 atom stereocenters. The number of ether oxygens (including phenoxy) is 16. The predicted molar refractivity (Wildman–Crippen MR) is 215 cm³/mol. The molecular formula is C39H69N5O18. The van der Waals surface area contributed by atoms with Gasteiger partial charge in [0.15, 0.2) is 18.8 Å². The fourth-order valence-corrected chi connectivity index (χ4v) is 9.04. The maximum Gasteiger partial charge on any atom is 0.227 e. The van der Waals surface area contributed by atoms with Crippen molar-refractivity contribution in [1.29, 1.82) is 0 Å². The van der Waals surface area contributed by atoms with E-state index in [-0.39, 0.29) is 31.8 Å². The lowest BCUT2D eigenvalue weighted by molar-refractivity contribution is -0.375. The molecule has 0 radical (unpaired) electrons. The average Bonchev–Trinajstić information content (AvgIpc) is 3.27. The molecule has 358 valence electrons. The molecule has 3 N–H and O–H groups in total. The molecule has 8 unspecified atom stereocenters. The molecule has 3 saturated heterocycles. The number of nitrogens with zero attached hydrogens (tertiary/aromatic N) is 3. The van der Waals surface area contributed by atoms with Crippen LogP contribution in [0.15, 0.2) is 16.8 Å². The van der Waals surface area contributed by atoms with Crippen LogP contribution in [0.25, 0.3) is 10.4 Å². The van der Waals surface area contributed by atoms with E-state index in [2.05, 4.69) is 20.7 Å². The van der Waals surface area contributed by atoms with Gasteiger partial charge >= 0.3 is 0 Å². The molecule has 0 aromatic rings. The molecule has 0 bridgehead atoms. The molecule has 3 aliphatic heterocycles. The zero-order chi connectivity index (χ0) is 45.5. The number of hydrogen-bond donors (Lipinski definition) is 3. The topological polar surface area (TPSA) is 258 Å². The summed E-state index contributed by atoms with van der Waals surface area (Å²) in [5, 5.41) is 20.0. The van der Waals surface area contributed by atoms with E-state index in [1.54, 1.807) is 35.5 Å². The molecule has 1 amide bonds. The molecule has 0 spiro atoms. The van der Waals surface area contributed by atoms with Gasteiger partial charge in [0, 0.05) is 89.0 Å². The van der Waals surface area contributed by atoms with Crippen LogP contribution in [0, 0.1) is 5.92 Å². The van der Waals surface area contributed by atoms with E-state index in [0.29, 0.717) is 6.61 Å². The van der Waals surface area contributed by atoms with Crippen molar-refractivity contribution >= 4 is 5.91 Å². The van der Waals surface area contributed by atoms with Gasteiger partial charge in [-0.3, -0.25) is 4.79 Å². The van der Waals surface area contributed by atoms with Crippen LogP contribution >= 0.6 is 0 Å². The van der Waals surface area contributed by atoms with Crippen molar-refractivity contribution in [3.05, 3.63) is 22.1 Å². The third-order valence-corrected chi connectivity index (χ3v) is 11.9. The lowest BCUT2D eigenvalue weighted by atomic mass is 9.80. The van der Waals surface area contributed by atoms with Crippen molar-refractivity contribution < 1.29 is 85.7 Å². The molecule has 0 aromatic heterocycles. The van der Waals surface area contributed by atoms with Gasteiger partial charge in [0.2, 0.25) is 5.91 Å². The van der Waals surface area contributed by atoms with Gasteiger partial charge in [-0.1, -0.05) is 11.2 Å². The smallest absolute Gasteiger partial charge is 0.227 e. The second-order valence-corrected chi connectivity index (χ2v) is 15.2.